The Morgan fingerprint density at radius 2 is 1.88 bits per heavy atom. The van der Waals surface area contributed by atoms with Crippen LogP contribution in [0.25, 0.3) is 0 Å². The molecule has 1 saturated heterocycles. The minimum absolute atomic E-state index is 0.141. The van der Waals surface area contributed by atoms with Gasteiger partial charge in [-0.15, -0.1) is 0 Å². The van der Waals surface area contributed by atoms with Gasteiger partial charge in [-0.3, -0.25) is 4.79 Å². The van der Waals surface area contributed by atoms with E-state index in [-0.39, 0.29) is 17.1 Å². The van der Waals surface area contributed by atoms with Crippen molar-refractivity contribution in [2.24, 2.45) is 0 Å². The van der Waals surface area contributed by atoms with E-state index in [1.807, 2.05) is 12.1 Å². The third kappa shape index (κ3) is 3.84. The second-order valence-electron chi connectivity index (χ2n) is 6.09. The molecule has 2 aromatic rings. The first kappa shape index (κ1) is 17.1. The average Bonchev–Trinajstić information content (AvgIpc) is 2.61. The van der Waals surface area contributed by atoms with Gasteiger partial charge in [0.1, 0.15) is 5.82 Å². The van der Waals surface area contributed by atoms with E-state index in [1.54, 1.807) is 0 Å². The van der Waals surface area contributed by atoms with E-state index in [0.29, 0.717) is 25.3 Å². The highest BCUT2D eigenvalue weighted by molar-refractivity contribution is 9.10. The molecule has 1 heterocycles. The van der Waals surface area contributed by atoms with Crippen LogP contribution in [0.1, 0.15) is 28.8 Å². The smallest absolute Gasteiger partial charge is 0.251 e. The number of hydrogen-bond acceptors (Lipinski definition) is 2. The van der Waals surface area contributed by atoms with E-state index in [1.165, 1.54) is 29.8 Å². The molecule has 0 saturated carbocycles. The molecule has 0 aliphatic carbocycles. The topological polar surface area (TPSA) is 38.3 Å². The number of carbonyl (C=O) groups is 1. The molecule has 1 amide bonds. The Balaban J connectivity index is 1.77. The van der Waals surface area contributed by atoms with E-state index >= 15 is 0 Å². The molecular formula is C19H19BrFNO2. The van der Waals surface area contributed by atoms with E-state index in [2.05, 4.69) is 33.4 Å². The molecule has 126 valence electrons. The molecule has 0 aromatic heterocycles. The summed E-state index contributed by atoms with van der Waals surface area (Å²) in [6, 6.07) is 13.8. The SMILES string of the molecule is O=C(NCC1(c2cccc(Br)c2)CCOCC1)c1ccc(F)cc1. The summed E-state index contributed by atoms with van der Waals surface area (Å²) >= 11 is 3.52. The standard InChI is InChI=1S/C19H19BrFNO2/c20-16-3-1-2-15(12-16)19(8-10-24-11-9-19)13-22-18(23)14-4-6-17(21)7-5-14/h1-7,12H,8-11,13H2,(H,22,23). The summed E-state index contributed by atoms with van der Waals surface area (Å²) in [5, 5.41) is 3.01. The summed E-state index contributed by atoms with van der Waals surface area (Å²) in [7, 11) is 0. The first-order chi connectivity index (χ1) is 11.6. The van der Waals surface area contributed by atoms with Crippen LogP contribution in [0.2, 0.25) is 0 Å². The van der Waals surface area contributed by atoms with Crippen LogP contribution in [0.4, 0.5) is 4.39 Å². The van der Waals surface area contributed by atoms with Gasteiger partial charge in [0.2, 0.25) is 0 Å². The van der Waals surface area contributed by atoms with Crippen LogP contribution >= 0.6 is 15.9 Å². The molecule has 0 bridgehead atoms. The highest BCUT2D eigenvalue weighted by atomic mass is 79.9. The molecular weight excluding hydrogens is 373 g/mol. The fraction of sp³-hybridized carbons (Fsp3) is 0.316. The number of rotatable bonds is 4. The van der Waals surface area contributed by atoms with Crippen molar-refractivity contribution in [3.8, 4) is 0 Å². The second kappa shape index (κ2) is 7.45. The van der Waals surface area contributed by atoms with E-state index in [4.69, 9.17) is 4.74 Å². The zero-order valence-electron chi connectivity index (χ0n) is 13.2. The molecule has 1 aliphatic heterocycles. The minimum Gasteiger partial charge on any atom is -0.381 e. The highest BCUT2D eigenvalue weighted by Gasteiger charge is 2.35. The van der Waals surface area contributed by atoms with Crippen LogP contribution in [0.15, 0.2) is 53.0 Å². The Labute approximate surface area is 149 Å². The lowest BCUT2D eigenvalue weighted by Gasteiger charge is -2.38. The number of halogens is 2. The summed E-state index contributed by atoms with van der Waals surface area (Å²) < 4.78 is 19.5. The van der Waals surface area contributed by atoms with Gasteiger partial charge in [-0.05, 0) is 54.8 Å². The normalized spacial score (nSPS) is 16.6. The predicted octanol–water partition coefficient (Wildman–Crippen LogP) is 4.07. The van der Waals surface area contributed by atoms with Gasteiger partial charge in [-0.2, -0.15) is 0 Å². The van der Waals surface area contributed by atoms with Crippen molar-refractivity contribution in [3.05, 3.63) is 69.9 Å². The summed E-state index contributed by atoms with van der Waals surface area (Å²) in [5.41, 5.74) is 1.52. The highest BCUT2D eigenvalue weighted by Crippen LogP contribution is 2.35. The van der Waals surface area contributed by atoms with Gasteiger partial charge in [0.15, 0.2) is 0 Å². The maximum atomic E-state index is 13.0. The molecule has 1 aliphatic rings. The number of carbonyl (C=O) groups excluding carboxylic acids is 1. The van der Waals surface area contributed by atoms with Crippen molar-refractivity contribution in [2.45, 2.75) is 18.3 Å². The Morgan fingerprint density at radius 3 is 2.54 bits per heavy atom. The van der Waals surface area contributed by atoms with Crippen molar-refractivity contribution in [2.75, 3.05) is 19.8 Å². The maximum Gasteiger partial charge on any atom is 0.251 e. The number of benzene rings is 2. The van der Waals surface area contributed by atoms with Crippen molar-refractivity contribution in [1.82, 2.24) is 5.32 Å². The van der Waals surface area contributed by atoms with Gasteiger partial charge in [0.25, 0.3) is 5.91 Å². The minimum atomic E-state index is -0.346. The van der Waals surface area contributed by atoms with Gasteiger partial charge in [-0.25, -0.2) is 4.39 Å². The van der Waals surface area contributed by atoms with Crippen molar-refractivity contribution in [1.29, 1.82) is 0 Å². The van der Waals surface area contributed by atoms with E-state index in [9.17, 15) is 9.18 Å². The van der Waals surface area contributed by atoms with E-state index < -0.39 is 0 Å². The Kier molecular flexibility index (Phi) is 5.31. The van der Waals surface area contributed by atoms with Gasteiger partial charge in [0, 0.05) is 35.2 Å². The Bertz CT molecular complexity index is 712. The first-order valence-electron chi connectivity index (χ1n) is 7.97. The number of hydrogen-bond donors (Lipinski definition) is 1. The maximum absolute atomic E-state index is 13.0. The molecule has 3 nitrogen and oxygen atoms in total. The van der Waals surface area contributed by atoms with Crippen molar-refractivity contribution >= 4 is 21.8 Å². The molecule has 0 atom stereocenters. The molecule has 3 rings (SSSR count). The fourth-order valence-electron chi connectivity index (χ4n) is 3.10. The van der Waals surface area contributed by atoms with Crippen molar-refractivity contribution < 1.29 is 13.9 Å². The molecule has 0 spiro atoms. The molecule has 0 radical (unpaired) electrons. The number of nitrogens with one attached hydrogen (secondary N) is 1. The van der Waals surface area contributed by atoms with Gasteiger partial charge < -0.3 is 10.1 Å². The fourth-order valence-corrected chi connectivity index (χ4v) is 3.50. The van der Waals surface area contributed by atoms with Crippen LogP contribution in [0, 0.1) is 5.82 Å². The molecule has 0 unspecified atom stereocenters. The monoisotopic (exact) mass is 391 g/mol. The van der Waals surface area contributed by atoms with Crippen LogP contribution in [0.5, 0.6) is 0 Å². The summed E-state index contributed by atoms with van der Waals surface area (Å²) in [4.78, 5) is 12.4. The molecule has 5 heteroatoms. The number of ether oxygens (including phenoxy) is 1. The third-order valence-corrected chi connectivity index (χ3v) is 5.07. The van der Waals surface area contributed by atoms with Gasteiger partial charge in [0.05, 0.1) is 0 Å². The average molecular weight is 392 g/mol. The molecule has 1 fully saturated rings. The molecule has 1 N–H and O–H groups in total. The van der Waals surface area contributed by atoms with Gasteiger partial charge >= 0.3 is 0 Å². The second-order valence-corrected chi connectivity index (χ2v) is 7.01. The number of amides is 1. The lowest BCUT2D eigenvalue weighted by atomic mass is 9.74. The zero-order valence-corrected chi connectivity index (χ0v) is 14.8. The summed E-state index contributed by atoms with van der Waals surface area (Å²) in [5.74, 6) is -0.530. The van der Waals surface area contributed by atoms with Gasteiger partial charge in [-0.1, -0.05) is 28.1 Å². The summed E-state index contributed by atoms with van der Waals surface area (Å²) in [6.45, 7) is 1.89. The Hall–Kier alpha value is -1.72. The zero-order chi connectivity index (χ0) is 17.0. The van der Waals surface area contributed by atoms with Crippen LogP contribution in [-0.4, -0.2) is 25.7 Å². The third-order valence-electron chi connectivity index (χ3n) is 4.58. The summed E-state index contributed by atoms with van der Waals surface area (Å²) in [6.07, 6.45) is 1.71. The van der Waals surface area contributed by atoms with Crippen molar-refractivity contribution in [3.63, 3.8) is 0 Å². The predicted molar refractivity (Wildman–Crippen MR) is 94.6 cm³/mol. The van der Waals surface area contributed by atoms with Crippen LogP contribution in [0.3, 0.4) is 0 Å². The molecule has 2 aromatic carbocycles. The quantitative estimate of drug-likeness (QED) is 0.852. The lowest BCUT2D eigenvalue weighted by molar-refractivity contribution is 0.0487. The molecule has 24 heavy (non-hydrogen) atoms. The first-order valence-corrected chi connectivity index (χ1v) is 8.76. The van der Waals surface area contributed by atoms with Crippen LogP contribution < -0.4 is 5.32 Å². The lowest BCUT2D eigenvalue weighted by Crippen LogP contribution is -2.44. The largest absolute Gasteiger partial charge is 0.381 e. The van der Waals surface area contributed by atoms with Crippen LogP contribution in [-0.2, 0) is 10.2 Å². The van der Waals surface area contributed by atoms with E-state index in [0.717, 1.165) is 17.3 Å². The Morgan fingerprint density at radius 1 is 1.17 bits per heavy atom.